The van der Waals surface area contributed by atoms with Gasteiger partial charge in [-0.05, 0) is 48.9 Å². The standard InChI is InChI=1S/C38H70O8.C35H68O5.C3H2Cl2O2.2CH4/c1-3-5-7-9-11-13-15-17-19-21-23-25-27-29-36(41)44-32-34(46-38(43)31-35(39)40)33-45-37(42)30-28-26-24-22-20-18-16-14-12-10-8-6-4-2;1-3-5-7-9-11-13-15-17-19-21-23-25-27-29-34(37)39-31-33(36)32-40-35(38)30-28-26-24-22-20-18-16-14-12-10-8-6-4-2;4-2(6)1-3(5)7;;/h34H,3-33H2,1-2H3,(H,39,40);33,36H,3-32H2,1-2H3;1H2;2*1H4. The summed E-state index contributed by atoms with van der Waals surface area (Å²) in [6, 6.07) is 0. The molecule has 0 atom stereocenters. The van der Waals surface area contributed by atoms with Crippen molar-refractivity contribution >= 4 is 69.5 Å². The van der Waals surface area contributed by atoms with Gasteiger partial charge >= 0.3 is 35.8 Å². The first-order chi connectivity index (χ1) is 45.1. The number of carboxylic acid groups (broad SMARTS) is 1. The molecule has 0 bridgehead atoms. The second kappa shape index (κ2) is 83.1. The van der Waals surface area contributed by atoms with Gasteiger partial charge in [-0.15, -0.1) is 0 Å². The minimum absolute atomic E-state index is 0. The normalized spacial score (nSPS) is 10.7. The summed E-state index contributed by atoms with van der Waals surface area (Å²) in [5, 5.41) is 17.4. The maximum Gasteiger partial charge on any atom is 0.317 e. The highest BCUT2D eigenvalue weighted by molar-refractivity contribution is 6.72. The second-order valence-corrected chi connectivity index (χ2v) is 26.8. The number of esters is 5. The van der Waals surface area contributed by atoms with E-state index in [4.69, 9.17) is 52.0 Å². The molecule has 95 heavy (non-hydrogen) atoms. The highest BCUT2D eigenvalue weighted by Gasteiger charge is 2.21. The fourth-order valence-electron chi connectivity index (χ4n) is 10.8. The van der Waals surface area contributed by atoms with Gasteiger partial charge in [-0.25, -0.2) is 0 Å². The number of carbonyl (C=O) groups excluding carboxylic acids is 7. The molecule has 15 nitrogen and oxygen atoms in total. The van der Waals surface area contributed by atoms with E-state index >= 15 is 0 Å². The number of hydrogen-bond acceptors (Lipinski definition) is 14. The van der Waals surface area contributed by atoms with Crippen LogP contribution in [0.4, 0.5) is 0 Å². The first-order valence-corrected chi connectivity index (χ1v) is 38.9. The summed E-state index contributed by atoms with van der Waals surface area (Å²) in [6.07, 6.45) is 62.9. The molecular formula is C78H148Cl2O15. The number of ether oxygens (including phenoxy) is 5. The Bertz CT molecular complexity index is 1610. The summed E-state index contributed by atoms with van der Waals surface area (Å²) in [6.45, 7) is 8.25. The molecule has 0 spiro atoms. The van der Waals surface area contributed by atoms with E-state index in [-0.39, 0.29) is 72.5 Å². The third kappa shape index (κ3) is 90.7. The summed E-state index contributed by atoms with van der Waals surface area (Å²) < 4.78 is 26.0. The molecular weight excluding hydrogens is 1250 g/mol. The summed E-state index contributed by atoms with van der Waals surface area (Å²) in [5.74, 6) is -3.64. The number of unbranched alkanes of at least 4 members (excludes halogenated alkanes) is 48. The third-order valence-electron chi connectivity index (χ3n) is 16.5. The lowest BCUT2D eigenvalue weighted by atomic mass is 10.0. The van der Waals surface area contributed by atoms with Crippen LogP contribution < -0.4 is 0 Å². The molecule has 0 aromatic carbocycles. The fraction of sp³-hybridized carbons (Fsp3) is 0.897. The predicted molar refractivity (Wildman–Crippen MR) is 393 cm³/mol. The Hall–Kier alpha value is -3.30. The molecule has 0 aliphatic carbocycles. The van der Waals surface area contributed by atoms with Gasteiger partial charge in [0.1, 0.15) is 39.0 Å². The minimum atomic E-state index is -1.32. The Labute approximate surface area is 592 Å². The molecule has 0 aliphatic heterocycles. The Morgan fingerprint density at radius 1 is 0.274 bits per heavy atom. The summed E-state index contributed by atoms with van der Waals surface area (Å²) in [4.78, 5) is 90.4. The number of aliphatic hydroxyl groups is 1. The van der Waals surface area contributed by atoms with Gasteiger partial charge in [-0.3, -0.25) is 38.4 Å². The van der Waals surface area contributed by atoms with E-state index in [1.165, 1.54) is 270 Å². The van der Waals surface area contributed by atoms with Crippen molar-refractivity contribution < 1.29 is 72.3 Å². The molecule has 0 aromatic rings. The monoisotopic (exact) mass is 1400 g/mol. The van der Waals surface area contributed by atoms with Crippen LogP contribution in [0.1, 0.15) is 415 Å². The quantitative estimate of drug-likeness (QED) is 0.0190. The van der Waals surface area contributed by atoms with Crippen molar-refractivity contribution in [3.05, 3.63) is 0 Å². The molecule has 17 heteroatoms. The molecule has 0 heterocycles. The number of hydrogen-bond donors (Lipinski definition) is 2. The van der Waals surface area contributed by atoms with Gasteiger partial charge in [0.2, 0.25) is 10.5 Å². The molecule has 0 aliphatic rings. The minimum Gasteiger partial charge on any atom is -0.481 e. The molecule has 0 saturated heterocycles. The molecule has 0 unspecified atom stereocenters. The van der Waals surface area contributed by atoms with Gasteiger partial charge in [0.05, 0.1) is 6.42 Å². The number of carboxylic acids is 1. The maximum atomic E-state index is 12.2. The van der Waals surface area contributed by atoms with Crippen molar-refractivity contribution in [1.82, 2.24) is 0 Å². The highest BCUT2D eigenvalue weighted by atomic mass is 35.5. The highest BCUT2D eigenvalue weighted by Crippen LogP contribution is 2.18. The van der Waals surface area contributed by atoms with Crippen LogP contribution in [0.2, 0.25) is 0 Å². The lowest BCUT2D eigenvalue weighted by molar-refractivity contribution is -0.169. The van der Waals surface area contributed by atoms with E-state index in [2.05, 4.69) is 27.7 Å². The zero-order valence-electron chi connectivity index (χ0n) is 60.0. The van der Waals surface area contributed by atoms with Crippen LogP contribution in [-0.4, -0.2) is 95.1 Å². The van der Waals surface area contributed by atoms with Crippen molar-refractivity contribution in [2.45, 2.75) is 427 Å². The zero-order valence-corrected chi connectivity index (χ0v) is 61.5. The molecule has 0 saturated carbocycles. The SMILES string of the molecule is C.C.CCCCCCCCCCCCCCCC(=O)OCC(COC(=O)CCCCCCCCCCCCCCC)OC(=O)CC(=O)O.CCCCCCCCCCCCCCCC(=O)OCC(O)COC(=O)CCCCCCCCCCCCCCC.O=C(Cl)CC(=O)Cl. The molecule has 0 amide bonds. The van der Waals surface area contributed by atoms with Gasteiger partial charge in [0.15, 0.2) is 6.10 Å². The average Bonchev–Trinajstić information content (AvgIpc) is 2.84. The van der Waals surface area contributed by atoms with E-state index in [9.17, 15) is 43.5 Å². The predicted octanol–water partition coefficient (Wildman–Crippen LogP) is 23.0. The maximum absolute atomic E-state index is 12.2. The summed E-state index contributed by atoms with van der Waals surface area (Å²) in [5.41, 5.74) is 0. The molecule has 0 rings (SSSR count). The van der Waals surface area contributed by atoms with Crippen LogP contribution in [0.15, 0.2) is 0 Å². The first kappa shape index (κ1) is 100. The Morgan fingerprint density at radius 3 is 0.621 bits per heavy atom. The van der Waals surface area contributed by atoms with Crippen LogP contribution in [0, 0.1) is 0 Å². The van der Waals surface area contributed by atoms with Crippen molar-refractivity contribution in [1.29, 1.82) is 0 Å². The molecule has 0 fully saturated rings. The summed E-state index contributed by atoms with van der Waals surface area (Å²) in [7, 11) is 0. The number of aliphatic carboxylic acids is 1. The Morgan fingerprint density at radius 2 is 0.453 bits per heavy atom. The van der Waals surface area contributed by atoms with Crippen LogP contribution in [0.3, 0.4) is 0 Å². The molecule has 0 radical (unpaired) electrons. The molecule has 564 valence electrons. The van der Waals surface area contributed by atoms with Crippen LogP contribution in [0.25, 0.3) is 0 Å². The van der Waals surface area contributed by atoms with E-state index in [0.29, 0.717) is 12.8 Å². The van der Waals surface area contributed by atoms with Gasteiger partial charge < -0.3 is 33.9 Å². The van der Waals surface area contributed by atoms with Crippen molar-refractivity contribution in [2.24, 2.45) is 0 Å². The number of rotatable bonds is 69. The smallest absolute Gasteiger partial charge is 0.317 e. The topological polar surface area (TPSA) is 223 Å². The zero-order chi connectivity index (χ0) is 69.1. The van der Waals surface area contributed by atoms with Gasteiger partial charge in [-0.2, -0.15) is 0 Å². The van der Waals surface area contributed by atoms with E-state index in [0.717, 1.165) is 64.2 Å². The average molecular weight is 1400 g/mol. The lowest BCUT2D eigenvalue weighted by Gasteiger charge is -2.18. The third-order valence-corrected chi connectivity index (χ3v) is 16.8. The lowest BCUT2D eigenvalue weighted by Crippen LogP contribution is -2.31. The second-order valence-electron chi connectivity index (χ2n) is 25.9. The van der Waals surface area contributed by atoms with Crippen molar-refractivity contribution in [2.75, 3.05) is 26.4 Å². The Kier molecular flexibility index (Phi) is 87.8. The van der Waals surface area contributed by atoms with E-state index in [1.807, 2.05) is 0 Å². The number of carbonyl (C=O) groups is 8. The van der Waals surface area contributed by atoms with Crippen LogP contribution in [0.5, 0.6) is 0 Å². The molecule has 0 aromatic heterocycles. The van der Waals surface area contributed by atoms with Crippen LogP contribution in [-0.2, 0) is 62.0 Å². The summed E-state index contributed by atoms with van der Waals surface area (Å²) >= 11 is 9.46. The van der Waals surface area contributed by atoms with E-state index < -0.39 is 53.0 Å². The van der Waals surface area contributed by atoms with Gasteiger partial charge in [0.25, 0.3) is 0 Å². The van der Waals surface area contributed by atoms with Crippen molar-refractivity contribution in [3.8, 4) is 0 Å². The first-order valence-electron chi connectivity index (χ1n) is 38.2. The number of aliphatic hydroxyl groups excluding tert-OH is 1. The van der Waals surface area contributed by atoms with E-state index in [1.54, 1.807) is 0 Å². The fourth-order valence-corrected chi connectivity index (χ4v) is 11.1. The Balaban J connectivity index is -0.000000509. The molecule has 2 N–H and O–H groups in total. The van der Waals surface area contributed by atoms with Crippen molar-refractivity contribution in [3.63, 3.8) is 0 Å². The van der Waals surface area contributed by atoms with Gasteiger partial charge in [0, 0.05) is 25.7 Å². The van der Waals surface area contributed by atoms with Crippen LogP contribution >= 0.6 is 23.2 Å². The van der Waals surface area contributed by atoms with Gasteiger partial charge in [-0.1, -0.05) is 351 Å². The number of halogens is 2. The largest absolute Gasteiger partial charge is 0.481 e.